The quantitative estimate of drug-likeness (QED) is 0.0131. The zero-order valence-electron chi connectivity index (χ0n) is 37.4. The van der Waals surface area contributed by atoms with E-state index < -0.39 is 83.2 Å². The van der Waals surface area contributed by atoms with Crippen LogP contribution in [0.4, 0.5) is 0 Å². The Balaban J connectivity index is 2.57. The van der Waals surface area contributed by atoms with E-state index in [0.29, 0.717) is 12.8 Å². The molecule has 1 fully saturated rings. The summed E-state index contributed by atoms with van der Waals surface area (Å²) in [5.41, 5.74) is 0. The summed E-state index contributed by atoms with van der Waals surface area (Å²) in [7, 11) is -10.3. The van der Waals surface area contributed by atoms with Gasteiger partial charge in [-0.3, -0.25) is 23.2 Å². The highest BCUT2D eigenvalue weighted by Gasteiger charge is 2.52. The van der Waals surface area contributed by atoms with Crippen LogP contribution in [0.5, 0.6) is 0 Å². The third-order valence-corrected chi connectivity index (χ3v) is 13.2. The van der Waals surface area contributed by atoms with Crippen molar-refractivity contribution in [1.29, 1.82) is 0 Å². The molecule has 0 saturated heterocycles. The van der Waals surface area contributed by atoms with Crippen molar-refractivity contribution in [1.82, 2.24) is 0 Å². The average Bonchev–Trinajstić information content (AvgIpc) is 3.20. The average molecular weight is 935 g/mol. The predicted molar refractivity (Wildman–Crippen MR) is 239 cm³/mol. The molecule has 15 nitrogen and oxygen atoms in total. The third-order valence-electron chi connectivity index (χ3n) is 11.3. The molecule has 1 aliphatic carbocycles. The van der Waals surface area contributed by atoms with Gasteiger partial charge in [-0.2, -0.15) is 12.6 Å². The molecule has 4 unspecified atom stereocenters. The Hall–Kier alpha value is -0.610. The predicted octanol–water partition coefficient (Wildman–Crippen LogP) is 9.42. The second-order valence-corrected chi connectivity index (χ2v) is 20.0. The van der Waals surface area contributed by atoms with Crippen molar-refractivity contribution in [2.24, 2.45) is 5.92 Å². The fourth-order valence-corrected chi connectivity index (χ4v) is 9.46. The molecule has 0 aromatic carbocycles. The van der Waals surface area contributed by atoms with Crippen LogP contribution in [0.2, 0.25) is 0 Å². The lowest BCUT2D eigenvalue weighted by atomic mass is 9.79. The highest BCUT2D eigenvalue weighted by Crippen LogP contribution is 2.49. The molecule has 0 amide bonds. The Kier molecular flexibility index (Phi) is 34.1. The minimum Gasteiger partial charge on any atom is -0.466 e. The molecule has 0 spiro atoms. The number of aliphatic hydroxyl groups excluding tert-OH is 3. The van der Waals surface area contributed by atoms with Gasteiger partial charge in [0.1, 0.15) is 30.5 Å². The molecule has 0 aromatic heterocycles. The zero-order valence-corrected chi connectivity index (χ0v) is 40.1. The zero-order chi connectivity index (χ0) is 45.4. The number of phosphoric ester groups is 2. The van der Waals surface area contributed by atoms with Crippen LogP contribution in [-0.4, -0.2) is 97.5 Å². The van der Waals surface area contributed by atoms with E-state index in [-0.39, 0.29) is 13.0 Å². The maximum absolute atomic E-state index is 13.0. The fourth-order valence-electron chi connectivity index (χ4n) is 7.63. The molecular formula is C43H84O15P2S. The van der Waals surface area contributed by atoms with E-state index in [1.54, 1.807) is 0 Å². The van der Waals surface area contributed by atoms with Gasteiger partial charge < -0.3 is 39.5 Å². The molecule has 1 saturated carbocycles. The number of rotatable bonds is 40. The van der Waals surface area contributed by atoms with Crippen molar-refractivity contribution in [2.75, 3.05) is 19.0 Å². The van der Waals surface area contributed by atoms with E-state index in [1.807, 2.05) is 0 Å². The molecule has 0 aromatic rings. The van der Waals surface area contributed by atoms with E-state index in [2.05, 4.69) is 24.1 Å². The highest BCUT2D eigenvalue weighted by atomic mass is 32.1. The van der Waals surface area contributed by atoms with Crippen molar-refractivity contribution >= 4 is 40.2 Å². The molecule has 1 aliphatic rings. The molecular weight excluding hydrogens is 850 g/mol. The van der Waals surface area contributed by atoms with Crippen LogP contribution in [0.3, 0.4) is 0 Å². The van der Waals surface area contributed by atoms with Gasteiger partial charge in [0.2, 0.25) is 0 Å². The maximum Gasteiger partial charge on any atom is 0.472 e. The molecule has 0 radical (unpaired) electrons. The molecule has 362 valence electrons. The van der Waals surface area contributed by atoms with E-state index >= 15 is 0 Å². The largest absolute Gasteiger partial charge is 0.472 e. The van der Waals surface area contributed by atoms with Gasteiger partial charge in [-0.25, -0.2) is 9.13 Å². The smallest absolute Gasteiger partial charge is 0.466 e. The SMILES string of the molecule is CCCCCCCCCCCCCCCC(=O)O[C@@H](COP(=O)(O)OC1C(O)[C@H](O)C(OP(=O)(O)O)[C@H](C)[C@@H]1O)CC(=O)OCCCCCCCCCCCCCCCCS. The summed E-state index contributed by atoms with van der Waals surface area (Å²) >= 11 is 4.26. The number of carbonyl (C=O) groups is 2. The van der Waals surface area contributed by atoms with Gasteiger partial charge in [0.05, 0.1) is 25.7 Å². The molecule has 6 N–H and O–H groups in total. The molecule has 18 heteroatoms. The Bertz CT molecular complexity index is 1190. The first-order valence-corrected chi connectivity index (χ1v) is 27.2. The minimum absolute atomic E-state index is 0.0711. The number of hydrogen-bond donors (Lipinski definition) is 7. The molecule has 0 bridgehead atoms. The van der Waals surface area contributed by atoms with Crippen LogP contribution in [0, 0.1) is 5.92 Å². The summed E-state index contributed by atoms with van der Waals surface area (Å²) in [6.45, 7) is 2.84. The van der Waals surface area contributed by atoms with Gasteiger partial charge in [-0.1, -0.05) is 168 Å². The molecule has 8 atom stereocenters. The lowest BCUT2D eigenvalue weighted by Crippen LogP contribution is -2.61. The second-order valence-electron chi connectivity index (χ2n) is 16.9. The summed E-state index contributed by atoms with van der Waals surface area (Å²) in [6, 6.07) is 0. The minimum atomic E-state index is -5.17. The van der Waals surface area contributed by atoms with Crippen molar-refractivity contribution in [2.45, 2.75) is 237 Å². The maximum atomic E-state index is 13.0. The van der Waals surface area contributed by atoms with Gasteiger partial charge in [0, 0.05) is 12.3 Å². The number of hydrogen-bond acceptors (Lipinski definition) is 13. The van der Waals surface area contributed by atoms with E-state index in [9.17, 15) is 48.7 Å². The first kappa shape index (κ1) is 58.4. The summed E-state index contributed by atoms with van der Waals surface area (Å²) in [4.78, 5) is 54.5. The second kappa shape index (κ2) is 35.6. The van der Waals surface area contributed by atoms with Gasteiger partial charge in [-0.15, -0.1) is 0 Å². The molecule has 0 aliphatic heterocycles. The Labute approximate surface area is 372 Å². The lowest BCUT2D eigenvalue weighted by Gasteiger charge is -2.44. The Morgan fingerprint density at radius 2 is 1.00 bits per heavy atom. The fraction of sp³-hybridized carbons (Fsp3) is 0.953. The first-order valence-electron chi connectivity index (χ1n) is 23.5. The monoisotopic (exact) mass is 935 g/mol. The normalized spacial score (nSPS) is 22.2. The number of ether oxygens (including phenoxy) is 2. The van der Waals surface area contributed by atoms with Crippen molar-refractivity contribution < 1.29 is 71.8 Å². The third kappa shape index (κ3) is 30.3. The van der Waals surface area contributed by atoms with Gasteiger partial charge in [0.25, 0.3) is 0 Å². The van der Waals surface area contributed by atoms with Crippen molar-refractivity contribution in [3.8, 4) is 0 Å². The number of carbonyl (C=O) groups excluding carboxylic acids is 2. The Morgan fingerprint density at radius 1 is 0.574 bits per heavy atom. The summed E-state index contributed by atoms with van der Waals surface area (Å²) in [6.07, 6.45) is 19.8. The van der Waals surface area contributed by atoms with Crippen LogP contribution < -0.4 is 0 Å². The number of thiol groups is 1. The number of unbranched alkanes of at least 4 members (excludes halogenated alkanes) is 25. The molecule has 1 rings (SSSR count). The van der Waals surface area contributed by atoms with Gasteiger partial charge >= 0.3 is 27.6 Å². The number of phosphoric acid groups is 2. The van der Waals surface area contributed by atoms with Crippen LogP contribution in [-0.2, 0) is 41.8 Å². The number of aliphatic hydroxyl groups is 3. The summed E-state index contributed by atoms with van der Waals surface area (Å²) in [5.74, 6) is -1.61. The van der Waals surface area contributed by atoms with E-state index in [1.165, 1.54) is 122 Å². The van der Waals surface area contributed by atoms with Crippen LogP contribution in [0.25, 0.3) is 0 Å². The van der Waals surface area contributed by atoms with E-state index in [0.717, 1.165) is 50.7 Å². The molecule has 0 heterocycles. The van der Waals surface area contributed by atoms with Gasteiger partial charge in [-0.05, 0) is 25.0 Å². The van der Waals surface area contributed by atoms with Crippen molar-refractivity contribution in [3.63, 3.8) is 0 Å². The van der Waals surface area contributed by atoms with Gasteiger partial charge in [0.15, 0.2) is 0 Å². The highest BCUT2D eigenvalue weighted by molar-refractivity contribution is 7.80. The standard InChI is InChI=1S/C43H84O15P2S/c1-3-4-5-6-7-8-9-12-15-18-21-24-27-30-37(44)56-36(33-38(45)54-31-28-25-22-19-16-13-10-11-14-17-20-23-26-29-32-61)34-55-60(52,53)58-43-39(46)35(2)42(40(47)41(43)48)57-59(49,50)51/h35-36,39-43,46-48,61H,3-34H2,1-2H3,(H,52,53)(H2,49,50,51)/t35-,36-,39+,40+,41?,42?,43?/m1/s1. The first-order chi connectivity index (χ1) is 29.1. The molecule has 61 heavy (non-hydrogen) atoms. The van der Waals surface area contributed by atoms with Crippen LogP contribution >= 0.6 is 28.3 Å². The van der Waals surface area contributed by atoms with E-state index in [4.69, 9.17) is 18.5 Å². The number of esters is 2. The lowest BCUT2D eigenvalue weighted by molar-refractivity contribution is -0.193. The van der Waals surface area contributed by atoms with Crippen LogP contribution in [0.1, 0.15) is 200 Å². The topological polar surface area (TPSA) is 236 Å². The Morgan fingerprint density at radius 3 is 1.46 bits per heavy atom. The summed E-state index contributed by atoms with van der Waals surface area (Å²) in [5, 5.41) is 31.7. The van der Waals surface area contributed by atoms with Crippen molar-refractivity contribution in [3.05, 3.63) is 0 Å². The van der Waals surface area contributed by atoms with Crippen LogP contribution in [0.15, 0.2) is 0 Å². The summed E-state index contributed by atoms with van der Waals surface area (Å²) < 4.78 is 49.9.